The van der Waals surface area contributed by atoms with E-state index in [1.165, 1.54) is 6.66 Å². The maximum Gasteiger partial charge on any atom is 0.427 e. The fraction of sp³-hybridized carbons (Fsp3) is 0.0769. The predicted octanol–water partition coefficient (Wildman–Crippen LogP) is 4.54. The summed E-state index contributed by atoms with van der Waals surface area (Å²) in [6.07, 6.45) is 0. The van der Waals surface area contributed by atoms with Gasteiger partial charge in [-0.25, -0.2) is 4.57 Å². The molecule has 0 heterocycles. The smallest absolute Gasteiger partial charge is 0.416 e. The lowest BCUT2D eigenvalue weighted by molar-refractivity contribution is 0.393. The van der Waals surface area contributed by atoms with Crippen LogP contribution < -0.4 is 9.05 Å². The van der Waals surface area contributed by atoms with Gasteiger partial charge in [0, 0.05) is 9.79 Å². The van der Waals surface area contributed by atoms with Gasteiger partial charge in [-0.05, 0) is 36.4 Å². The first-order chi connectivity index (χ1) is 8.94. The van der Waals surface area contributed by atoms with Crippen molar-refractivity contribution in [1.82, 2.24) is 0 Å². The molecule has 2 rings (SSSR count). The molecule has 0 spiro atoms. The Morgan fingerprint density at radius 2 is 1.32 bits per heavy atom. The summed E-state index contributed by atoms with van der Waals surface area (Å²) in [6.45, 7) is 1.42. The van der Waals surface area contributed by atoms with Crippen molar-refractivity contribution in [2.75, 3.05) is 6.66 Å². The van der Waals surface area contributed by atoms with Crippen LogP contribution in [0.2, 0.25) is 0 Å². The molecule has 0 saturated carbocycles. The zero-order chi connectivity index (χ0) is 13.9. The van der Waals surface area contributed by atoms with Crippen molar-refractivity contribution < 1.29 is 13.6 Å². The van der Waals surface area contributed by atoms with E-state index in [1.807, 2.05) is 12.1 Å². The summed E-state index contributed by atoms with van der Waals surface area (Å²) in [4.78, 5) is 1.46. The Kier molecular flexibility index (Phi) is 4.50. The lowest BCUT2D eigenvalue weighted by Gasteiger charge is -2.16. The molecule has 100 valence electrons. The van der Waals surface area contributed by atoms with Crippen molar-refractivity contribution in [2.45, 2.75) is 9.79 Å². The number of benzene rings is 2. The van der Waals surface area contributed by atoms with Crippen LogP contribution >= 0.6 is 32.9 Å². The molecule has 3 nitrogen and oxygen atoms in total. The monoisotopic (exact) mass is 312 g/mol. The predicted molar refractivity (Wildman–Crippen MR) is 82.2 cm³/mol. The van der Waals surface area contributed by atoms with E-state index < -0.39 is 7.60 Å². The van der Waals surface area contributed by atoms with Gasteiger partial charge in [0.1, 0.15) is 11.5 Å². The number of hydrogen-bond donors (Lipinski definition) is 2. The van der Waals surface area contributed by atoms with Crippen LogP contribution in [0.5, 0.6) is 11.5 Å². The van der Waals surface area contributed by atoms with Crippen molar-refractivity contribution in [1.29, 1.82) is 0 Å². The quantitative estimate of drug-likeness (QED) is 0.642. The minimum atomic E-state index is -3.24. The fourth-order valence-electron chi connectivity index (χ4n) is 1.48. The van der Waals surface area contributed by atoms with Gasteiger partial charge in [0.15, 0.2) is 0 Å². The Balaban J connectivity index is 2.12. The molecule has 0 fully saturated rings. The number of hydrogen-bond acceptors (Lipinski definition) is 5. The molecule has 0 aliphatic heterocycles. The Labute approximate surface area is 123 Å². The third-order valence-corrected chi connectivity index (χ3v) is 3.82. The summed E-state index contributed by atoms with van der Waals surface area (Å²) in [5.74, 6) is 0.917. The van der Waals surface area contributed by atoms with Gasteiger partial charge < -0.3 is 9.05 Å². The summed E-state index contributed by atoms with van der Waals surface area (Å²) in [7, 11) is -3.24. The van der Waals surface area contributed by atoms with Crippen molar-refractivity contribution >= 4 is 32.9 Å². The molecule has 19 heavy (non-hydrogen) atoms. The van der Waals surface area contributed by atoms with Crippen LogP contribution in [0.3, 0.4) is 0 Å². The van der Waals surface area contributed by atoms with Crippen LogP contribution in [0.1, 0.15) is 0 Å². The molecule has 0 N–H and O–H groups in total. The van der Waals surface area contributed by atoms with Crippen molar-refractivity contribution in [2.24, 2.45) is 0 Å². The molecule has 2 aromatic rings. The molecule has 0 aliphatic carbocycles. The van der Waals surface area contributed by atoms with Crippen LogP contribution in [0.25, 0.3) is 0 Å². The van der Waals surface area contributed by atoms with E-state index in [0.717, 1.165) is 9.79 Å². The van der Waals surface area contributed by atoms with Crippen LogP contribution in [-0.4, -0.2) is 6.66 Å². The lowest BCUT2D eigenvalue weighted by atomic mass is 10.3. The largest absolute Gasteiger partial charge is 0.427 e. The molecular formula is C13H13O3PS2. The number of thiol groups is 2. The van der Waals surface area contributed by atoms with Gasteiger partial charge in [0.05, 0.1) is 6.66 Å². The first-order valence-electron chi connectivity index (χ1n) is 5.49. The fourth-order valence-corrected chi connectivity index (χ4v) is 2.94. The number of rotatable bonds is 4. The van der Waals surface area contributed by atoms with Gasteiger partial charge in [-0.3, -0.25) is 0 Å². The van der Waals surface area contributed by atoms with E-state index >= 15 is 0 Å². The summed E-state index contributed by atoms with van der Waals surface area (Å²) in [5, 5.41) is 0. The van der Waals surface area contributed by atoms with Crippen LogP contribution in [0.4, 0.5) is 0 Å². The highest BCUT2D eigenvalue weighted by atomic mass is 32.1. The maximum atomic E-state index is 12.3. The van der Waals surface area contributed by atoms with E-state index in [2.05, 4.69) is 25.3 Å². The third-order valence-electron chi connectivity index (χ3n) is 2.18. The minimum absolute atomic E-state index is 0.459. The Bertz CT molecular complexity index is 579. The standard InChI is InChI=1S/C13H13O3PS2/c1-17(14,15-10-4-2-6-12(18)8-10)16-11-5-3-7-13(19)9-11/h2-9,18-19H,1H3. The van der Waals surface area contributed by atoms with Gasteiger partial charge in [-0.2, -0.15) is 0 Å². The Morgan fingerprint density at radius 1 is 0.895 bits per heavy atom. The molecule has 0 amide bonds. The molecular weight excluding hydrogens is 299 g/mol. The van der Waals surface area contributed by atoms with Crippen LogP contribution in [-0.2, 0) is 4.57 Å². The zero-order valence-electron chi connectivity index (χ0n) is 10.2. The van der Waals surface area contributed by atoms with E-state index in [9.17, 15) is 4.57 Å². The molecule has 0 bridgehead atoms. The van der Waals surface area contributed by atoms with Gasteiger partial charge in [0.2, 0.25) is 0 Å². The van der Waals surface area contributed by atoms with E-state index in [1.54, 1.807) is 36.4 Å². The normalized spacial score (nSPS) is 11.1. The summed E-state index contributed by atoms with van der Waals surface area (Å²) < 4.78 is 23.1. The Hall–Kier alpha value is -1.03. The Morgan fingerprint density at radius 3 is 1.68 bits per heavy atom. The second kappa shape index (κ2) is 5.95. The molecule has 0 radical (unpaired) electrons. The highest BCUT2D eigenvalue weighted by Gasteiger charge is 2.20. The molecule has 0 unspecified atom stereocenters. The van der Waals surface area contributed by atoms with Gasteiger partial charge in [-0.15, -0.1) is 25.3 Å². The first-order valence-corrected chi connectivity index (χ1v) is 8.38. The van der Waals surface area contributed by atoms with Crippen LogP contribution in [0.15, 0.2) is 58.3 Å². The highest BCUT2D eigenvalue weighted by molar-refractivity contribution is 7.80. The van der Waals surface area contributed by atoms with Gasteiger partial charge >= 0.3 is 7.60 Å². The van der Waals surface area contributed by atoms with E-state index in [-0.39, 0.29) is 0 Å². The van der Waals surface area contributed by atoms with Crippen molar-refractivity contribution in [3.8, 4) is 11.5 Å². The second-order valence-electron chi connectivity index (χ2n) is 3.95. The summed E-state index contributed by atoms with van der Waals surface area (Å²) in [5.41, 5.74) is 0. The SMILES string of the molecule is CP(=O)(Oc1cccc(S)c1)Oc1cccc(S)c1. The highest BCUT2D eigenvalue weighted by Crippen LogP contribution is 2.45. The first kappa shape index (κ1) is 14.4. The molecule has 0 aliphatic rings. The molecule has 0 aromatic heterocycles. The summed E-state index contributed by atoms with van der Waals surface area (Å²) in [6, 6.07) is 13.9. The second-order valence-corrected chi connectivity index (χ2v) is 6.89. The maximum absolute atomic E-state index is 12.3. The molecule has 0 saturated heterocycles. The lowest BCUT2D eigenvalue weighted by Crippen LogP contribution is -1.99. The summed E-state index contributed by atoms with van der Waals surface area (Å²) >= 11 is 8.39. The average Bonchev–Trinajstić information content (AvgIpc) is 2.27. The zero-order valence-corrected chi connectivity index (χ0v) is 12.9. The van der Waals surface area contributed by atoms with E-state index in [0.29, 0.717) is 11.5 Å². The minimum Gasteiger partial charge on any atom is -0.416 e. The molecule has 2 aromatic carbocycles. The van der Waals surface area contributed by atoms with Crippen LogP contribution in [0, 0.1) is 0 Å². The van der Waals surface area contributed by atoms with Crippen molar-refractivity contribution in [3.63, 3.8) is 0 Å². The average molecular weight is 312 g/mol. The molecule has 0 atom stereocenters. The van der Waals surface area contributed by atoms with Gasteiger partial charge in [-0.1, -0.05) is 12.1 Å². The van der Waals surface area contributed by atoms with Gasteiger partial charge in [0.25, 0.3) is 0 Å². The van der Waals surface area contributed by atoms with Crippen molar-refractivity contribution in [3.05, 3.63) is 48.5 Å². The topological polar surface area (TPSA) is 35.5 Å². The third kappa shape index (κ3) is 4.53. The van der Waals surface area contributed by atoms with E-state index in [4.69, 9.17) is 9.05 Å². The molecule has 6 heteroatoms.